The Hall–Kier alpha value is -3.37. The van der Waals surface area contributed by atoms with Crippen molar-refractivity contribution in [3.8, 4) is 6.07 Å². The van der Waals surface area contributed by atoms with Crippen molar-refractivity contribution in [1.82, 2.24) is 4.98 Å². The summed E-state index contributed by atoms with van der Waals surface area (Å²) in [5.41, 5.74) is 5.31. The summed E-state index contributed by atoms with van der Waals surface area (Å²) < 4.78 is 25.3. The number of rotatable bonds is 6. The Balaban J connectivity index is 1.94. The molecule has 0 fully saturated rings. The molecule has 1 atom stereocenters. The van der Waals surface area contributed by atoms with Gasteiger partial charge in [0.05, 0.1) is 23.6 Å². The number of nitrogens with one attached hydrogen (secondary N) is 2. The van der Waals surface area contributed by atoms with Gasteiger partial charge in [-0.2, -0.15) is 5.26 Å². The molecule has 0 saturated heterocycles. The summed E-state index contributed by atoms with van der Waals surface area (Å²) in [4.78, 5) is 16.1. The van der Waals surface area contributed by atoms with Crippen molar-refractivity contribution >= 4 is 21.5 Å². The zero-order chi connectivity index (χ0) is 22.1. The molecular formula is C23H23N3O3S. The number of aryl methyl sites for hydroxylation is 2. The molecule has 0 bridgehead atoms. The lowest BCUT2D eigenvalue weighted by Gasteiger charge is -2.14. The van der Waals surface area contributed by atoms with E-state index in [1.54, 1.807) is 12.1 Å². The summed E-state index contributed by atoms with van der Waals surface area (Å²) in [7, 11) is -3.43. The molecule has 1 heterocycles. The van der Waals surface area contributed by atoms with Crippen LogP contribution in [0.3, 0.4) is 0 Å². The third-order valence-electron chi connectivity index (χ3n) is 4.99. The average molecular weight is 422 g/mol. The Bertz CT molecular complexity index is 1250. The number of hydrogen-bond acceptors (Lipinski definition) is 4. The van der Waals surface area contributed by atoms with E-state index in [1.807, 2.05) is 51.1 Å². The van der Waals surface area contributed by atoms with Crippen molar-refractivity contribution in [3.05, 3.63) is 87.7 Å². The van der Waals surface area contributed by atoms with Crippen molar-refractivity contribution in [2.24, 2.45) is 0 Å². The summed E-state index contributed by atoms with van der Waals surface area (Å²) in [6, 6.07) is 16.3. The topological polar surface area (TPSA) is 103 Å². The lowest BCUT2D eigenvalue weighted by molar-refractivity contribution is 0.103. The van der Waals surface area contributed by atoms with Gasteiger partial charge in [0.2, 0.25) is 15.8 Å². The number of nitriles is 1. The molecule has 30 heavy (non-hydrogen) atoms. The van der Waals surface area contributed by atoms with E-state index in [0.29, 0.717) is 22.5 Å². The highest BCUT2D eigenvalue weighted by molar-refractivity contribution is 7.92. The fraction of sp³-hybridized carbons (Fsp3) is 0.217. The van der Waals surface area contributed by atoms with E-state index in [1.165, 1.54) is 6.07 Å². The minimum absolute atomic E-state index is 0.0841. The average Bonchev–Trinajstić information content (AvgIpc) is 3.07. The molecule has 0 aliphatic rings. The highest BCUT2D eigenvalue weighted by Crippen LogP contribution is 2.30. The van der Waals surface area contributed by atoms with Gasteiger partial charge >= 0.3 is 0 Å². The third-order valence-corrected chi connectivity index (χ3v) is 5.59. The minimum Gasteiger partial charge on any atom is -0.355 e. The number of anilines is 1. The molecule has 0 radical (unpaired) electrons. The Kier molecular flexibility index (Phi) is 5.81. The van der Waals surface area contributed by atoms with E-state index in [0.717, 1.165) is 28.6 Å². The molecule has 0 aliphatic heterocycles. The van der Waals surface area contributed by atoms with E-state index in [-0.39, 0.29) is 11.7 Å². The van der Waals surface area contributed by atoms with Gasteiger partial charge in [-0.05, 0) is 43.2 Å². The fourth-order valence-corrected chi connectivity index (χ4v) is 3.93. The molecule has 6 nitrogen and oxygen atoms in total. The molecule has 2 N–H and O–H groups in total. The van der Waals surface area contributed by atoms with Crippen molar-refractivity contribution in [2.75, 3.05) is 11.0 Å². The zero-order valence-electron chi connectivity index (χ0n) is 17.3. The second-order valence-corrected chi connectivity index (χ2v) is 9.24. The van der Waals surface area contributed by atoms with Crippen LogP contribution >= 0.6 is 0 Å². The first kappa shape index (κ1) is 21.3. The Labute approximate surface area is 176 Å². The molecule has 1 unspecified atom stereocenters. The van der Waals surface area contributed by atoms with Gasteiger partial charge in [0.1, 0.15) is 0 Å². The largest absolute Gasteiger partial charge is 0.355 e. The normalized spacial score (nSPS) is 12.2. The molecule has 1 aromatic heterocycles. The second-order valence-electron chi connectivity index (χ2n) is 7.49. The molecule has 2 aromatic carbocycles. The van der Waals surface area contributed by atoms with Crippen LogP contribution in [0, 0.1) is 25.2 Å². The third kappa shape index (κ3) is 4.61. The minimum atomic E-state index is -3.43. The Morgan fingerprint density at radius 2 is 1.77 bits per heavy atom. The molecule has 3 rings (SSSR count). The SMILES string of the molecule is Cc1ccc(C(=O)c2[nH]c(C(C)c3ccc(NS(C)(=O)=O)cc3C#N)cc2C)cc1. The van der Waals surface area contributed by atoms with E-state index in [4.69, 9.17) is 0 Å². The van der Waals surface area contributed by atoms with Crippen LogP contribution in [-0.4, -0.2) is 25.4 Å². The van der Waals surface area contributed by atoms with E-state index in [9.17, 15) is 18.5 Å². The van der Waals surface area contributed by atoms with Crippen molar-refractivity contribution in [2.45, 2.75) is 26.7 Å². The first-order chi connectivity index (χ1) is 14.1. The van der Waals surface area contributed by atoms with Crippen LogP contribution in [0.25, 0.3) is 0 Å². The maximum Gasteiger partial charge on any atom is 0.229 e. The number of aromatic amines is 1. The number of benzene rings is 2. The maximum atomic E-state index is 12.9. The predicted octanol–water partition coefficient (Wildman–Crippen LogP) is 4.26. The van der Waals surface area contributed by atoms with Gasteiger partial charge in [-0.1, -0.05) is 42.8 Å². The van der Waals surface area contributed by atoms with E-state index in [2.05, 4.69) is 15.8 Å². The standard InChI is InChI=1S/C23H23N3O3S/c1-14-5-7-17(8-6-14)23(27)22-15(2)11-21(25-22)16(3)20-10-9-19(12-18(20)13-24)26-30(4,28)29/h5-12,16,25-26H,1-4H3. The molecule has 0 spiro atoms. The van der Waals surface area contributed by atoms with Gasteiger partial charge in [-0.3, -0.25) is 9.52 Å². The van der Waals surface area contributed by atoms with Gasteiger partial charge in [-0.25, -0.2) is 8.42 Å². The molecule has 0 amide bonds. The zero-order valence-corrected chi connectivity index (χ0v) is 18.1. The number of hydrogen-bond donors (Lipinski definition) is 2. The van der Waals surface area contributed by atoms with Crippen LogP contribution in [0.15, 0.2) is 48.5 Å². The lowest BCUT2D eigenvalue weighted by Crippen LogP contribution is -2.10. The smallest absolute Gasteiger partial charge is 0.229 e. The Morgan fingerprint density at radius 3 is 2.37 bits per heavy atom. The molecule has 154 valence electrons. The number of aromatic nitrogens is 1. The number of nitrogens with zero attached hydrogens (tertiary/aromatic N) is 1. The van der Waals surface area contributed by atoms with Gasteiger partial charge in [0.15, 0.2) is 0 Å². The van der Waals surface area contributed by atoms with Gasteiger partial charge in [-0.15, -0.1) is 0 Å². The fourth-order valence-electron chi connectivity index (χ4n) is 3.38. The van der Waals surface area contributed by atoms with Gasteiger partial charge < -0.3 is 4.98 Å². The summed E-state index contributed by atoms with van der Waals surface area (Å²) >= 11 is 0. The van der Waals surface area contributed by atoms with Gasteiger partial charge in [0, 0.05) is 22.9 Å². The van der Waals surface area contributed by atoms with Crippen molar-refractivity contribution < 1.29 is 13.2 Å². The van der Waals surface area contributed by atoms with Crippen molar-refractivity contribution in [1.29, 1.82) is 5.26 Å². The number of carbonyl (C=O) groups excluding carboxylic acids is 1. The van der Waals surface area contributed by atoms with Gasteiger partial charge in [0.25, 0.3) is 0 Å². The summed E-state index contributed by atoms with van der Waals surface area (Å²) in [6.07, 6.45) is 1.06. The molecule has 7 heteroatoms. The van der Waals surface area contributed by atoms with Crippen LogP contribution in [0.1, 0.15) is 56.8 Å². The first-order valence-corrected chi connectivity index (χ1v) is 11.3. The monoisotopic (exact) mass is 421 g/mol. The van der Waals surface area contributed by atoms with E-state index < -0.39 is 10.0 Å². The first-order valence-electron chi connectivity index (χ1n) is 9.41. The Morgan fingerprint density at radius 1 is 1.10 bits per heavy atom. The molecular weight excluding hydrogens is 398 g/mol. The highest BCUT2D eigenvalue weighted by atomic mass is 32.2. The van der Waals surface area contributed by atoms with Crippen molar-refractivity contribution in [3.63, 3.8) is 0 Å². The predicted molar refractivity (Wildman–Crippen MR) is 117 cm³/mol. The second kappa shape index (κ2) is 8.17. The van der Waals surface area contributed by atoms with Crippen LogP contribution in [0.2, 0.25) is 0 Å². The van der Waals surface area contributed by atoms with Crippen LogP contribution in [0.5, 0.6) is 0 Å². The van der Waals surface area contributed by atoms with E-state index >= 15 is 0 Å². The summed E-state index contributed by atoms with van der Waals surface area (Å²) in [6.45, 7) is 5.78. The maximum absolute atomic E-state index is 12.9. The molecule has 0 saturated carbocycles. The summed E-state index contributed by atoms with van der Waals surface area (Å²) in [5, 5.41) is 9.56. The lowest BCUT2D eigenvalue weighted by atomic mass is 9.93. The number of carbonyl (C=O) groups is 1. The quantitative estimate of drug-likeness (QED) is 0.581. The number of ketones is 1. The molecule has 3 aromatic rings. The number of sulfonamides is 1. The van der Waals surface area contributed by atoms with Crippen LogP contribution in [-0.2, 0) is 10.0 Å². The summed E-state index contributed by atoms with van der Waals surface area (Å²) in [5.74, 6) is -0.274. The molecule has 0 aliphatic carbocycles. The van der Waals surface area contributed by atoms with Crippen LogP contribution < -0.4 is 4.72 Å². The highest BCUT2D eigenvalue weighted by Gasteiger charge is 2.20. The van der Waals surface area contributed by atoms with Crippen LogP contribution in [0.4, 0.5) is 5.69 Å². The number of H-pyrrole nitrogens is 1.